The highest BCUT2D eigenvalue weighted by atomic mass is 79.9. The number of carbonyl (C=O) groups is 2. The van der Waals surface area contributed by atoms with Crippen molar-refractivity contribution in [3.05, 3.63) is 133 Å². The summed E-state index contributed by atoms with van der Waals surface area (Å²) in [5.74, 6) is -1.09. The van der Waals surface area contributed by atoms with Crippen LogP contribution in [0, 0.1) is 11.8 Å². The van der Waals surface area contributed by atoms with Gasteiger partial charge < -0.3 is 4.74 Å². The molecule has 4 aliphatic rings. The van der Waals surface area contributed by atoms with Crippen molar-refractivity contribution in [1.82, 2.24) is 5.01 Å². The second-order valence-electron chi connectivity index (χ2n) is 10.2. The van der Waals surface area contributed by atoms with Gasteiger partial charge in [0.15, 0.2) is 0 Å². The Hall–Kier alpha value is -3.45. The maximum atomic E-state index is 13.7. The van der Waals surface area contributed by atoms with Crippen molar-refractivity contribution < 1.29 is 14.3 Å². The van der Waals surface area contributed by atoms with Gasteiger partial charge in [-0.05, 0) is 74.1 Å². The van der Waals surface area contributed by atoms with Gasteiger partial charge in [-0.3, -0.25) is 9.59 Å². The second kappa shape index (κ2) is 9.88. The highest BCUT2D eigenvalue weighted by molar-refractivity contribution is 9.10. The molecule has 0 aromatic heterocycles. The maximum absolute atomic E-state index is 13.7. The number of hydrogen-bond donors (Lipinski definition) is 0. The highest BCUT2D eigenvalue weighted by Gasteiger charge is 2.61. The molecule has 4 aromatic carbocycles. The summed E-state index contributed by atoms with van der Waals surface area (Å²) in [7, 11) is 0. The van der Waals surface area contributed by atoms with Crippen LogP contribution in [0.2, 0.25) is 10.0 Å². The first-order chi connectivity index (χ1) is 19.4. The lowest BCUT2D eigenvalue weighted by molar-refractivity contribution is -0.139. The fraction of sp³-hybridized carbons (Fsp3) is 0.156. The molecule has 4 aromatic rings. The summed E-state index contributed by atoms with van der Waals surface area (Å²) >= 11 is 15.8. The largest absolute Gasteiger partial charge is 0.488 e. The molecule has 1 heterocycles. The molecule has 40 heavy (non-hydrogen) atoms. The Labute approximate surface area is 249 Å². The number of ether oxygens (including phenoxy) is 1. The molecule has 8 rings (SSSR count). The molecule has 0 radical (unpaired) electrons. The van der Waals surface area contributed by atoms with E-state index >= 15 is 0 Å². The zero-order valence-electron chi connectivity index (χ0n) is 20.9. The standard InChI is InChI=1S/C32H21BrCl2N2O3/c33-24-13-17(9-12-26(24)40-16-18-10-11-19(34)14-25(18)35)15-36-37-31(38)29-27-20-5-1-2-6-21(20)28(30(29)32(37)39)23-8-4-3-7-22(23)27/h1-15,27-30H,16H2/b36-15-/t27?,28?,29-,30+. The van der Waals surface area contributed by atoms with E-state index in [9.17, 15) is 9.59 Å². The van der Waals surface area contributed by atoms with E-state index in [0.717, 1.165) is 32.8 Å². The first-order valence-corrected chi connectivity index (χ1v) is 14.4. The predicted octanol–water partition coefficient (Wildman–Crippen LogP) is 7.56. The molecular formula is C32H21BrCl2N2O3. The molecule has 198 valence electrons. The van der Waals surface area contributed by atoms with Crippen molar-refractivity contribution in [2.45, 2.75) is 18.4 Å². The van der Waals surface area contributed by atoms with E-state index in [1.54, 1.807) is 24.4 Å². The summed E-state index contributed by atoms with van der Waals surface area (Å²) in [5.41, 5.74) is 6.08. The lowest BCUT2D eigenvalue weighted by Gasteiger charge is -2.45. The number of nitrogens with zero attached hydrogens (tertiary/aromatic N) is 2. The zero-order valence-corrected chi connectivity index (χ0v) is 24.0. The lowest BCUT2D eigenvalue weighted by Crippen LogP contribution is -2.41. The first-order valence-electron chi connectivity index (χ1n) is 12.9. The van der Waals surface area contributed by atoms with Crippen molar-refractivity contribution in [2.75, 3.05) is 0 Å². The minimum atomic E-state index is -0.457. The Morgan fingerprint density at radius 2 is 1.38 bits per heavy atom. The third kappa shape index (κ3) is 4.00. The van der Waals surface area contributed by atoms with Crippen LogP contribution in [0.4, 0.5) is 0 Å². The van der Waals surface area contributed by atoms with Gasteiger partial charge >= 0.3 is 0 Å². The molecule has 1 saturated heterocycles. The number of rotatable bonds is 5. The highest BCUT2D eigenvalue weighted by Crippen LogP contribution is 2.60. The summed E-state index contributed by atoms with van der Waals surface area (Å²) in [6.45, 7) is 0.273. The topological polar surface area (TPSA) is 59.0 Å². The van der Waals surface area contributed by atoms with Crippen LogP contribution in [0.1, 0.15) is 45.2 Å². The van der Waals surface area contributed by atoms with Gasteiger partial charge in [0.05, 0.1) is 22.5 Å². The van der Waals surface area contributed by atoms with Crippen molar-refractivity contribution in [1.29, 1.82) is 0 Å². The Morgan fingerprint density at radius 1 is 0.800 bits per heavy atom. The van der Waals surface area contributed by atoms with Gasteiger partial charge in [-0.1, -0.05) is 77.8 Å². The molecule has 2 atom stereocenters. The average molecular weight is 632 g/mol. The predicted molar refractivity (Wildman–Crippen MR) is 158 cm³/mol. The molecule has 0 unspecified atom stereocenters. The summed E-state index contributed by atoms with van der Waals surface area (Å²) in [6, 6.07) is 27.1. The summed E-state index contributed by atoms with van der Waals surface area (Å²) in [5, 5.41) is 6.58. The van der Waals surface area contributed by atoms with Crippen molar-refractivity contribution in [2.24, 2.45) is 16.9 Å². The molecule has 1 aliphatic heterocycles. The van der Waals surface area contributed by atoms with E-state index in [2.05, 4.69) is 45.3 Å². The van der Waals surface area contributed by atoms with Gasteiger partial charge in [0.25, 0.3) is 11.8 Å². The van der Waals surface area contributed by atoms with Crippen LogP contribution in [0.5, 0.6) is 5.75 Å². The smallest absolute Gasteiger partial charge is 0.254 e. The van der Waals surface area contributed by atoms with Gasteiger partial charge in [-0.15, -0.1) is 0 Å². The Morgan fingerprint density at radius 3 is 1.90 bits per heavy atom. The van der Waals surface area contributed by atoms with E-state index < -0.39 is 11.8 Å². The van der Waals surface area contributed by atoms with Crippen LogP contribution in [0.25, 0.3) is 0 Å². The third-order valence-corrected chi connectivity index (χ3v) is 9.31. The molecule has 8 heteroatoms. The fourth-order valence-electron chi connectivity index (χ4n) is 6.41. The van der Waals surface area contributed by atoms with Crippen molar-refractivity contribution in [3.63, 3.8) is 0 Å². The molecule has 2 bridgehead atoms. The average Bonchev–Trinajstić information content (AvgIpc) is 3.21. The SMILES string of the molecule is O=C1[C@@H]2C3c4ccccc4C(c4ccccc43)[C@@H]2C(=O)N1/N=C\c1ccc(OCc2ccc(Cl)cc2Cl)c(Br)c1. The van der Waals surface area contributed by atoms with Crippen LogP contribution in [-0.2, 0) is 16.2 Å². The summed E-state index contributed by atoms with van der Waals surface area (Å²) in [6.07, 6.45) is 1.54. The van der Waals surface area contributed by atoms with Crippen LogP contribution in [-0.4, -0.2) is 23.0 Å². The van der Waals surface area contributed by atoms with Gasteiger partial charge in [-0.25, -0.2) is 0 Å². The van der Waals surface area contributed by atoms with Crippen molar-refractivity contribution in [3.8, 4) is 5.75 Å². The maximum Gasteiger partial charge on any atom is 0.254 e. The minimum absolute atomic E-state index is 0.154. The molecule has 2 amide bonds. The van der Waals surface area contributed by atoms with E-state index in [1.165, 1.54) is 0 Å². The monoisotopic (exact) mass is 630 g/mol. The number of benzene rings is 4. The number of hydrogen-bond acceptors (Lipinski definition) is 4. The Bertz CT molecular complexity index is 1620. The number of imide groups is 1. The Balaban J connectivity index is 1.13. The molecular weight excluding hydrogens is 611 g/mol. The third-order valence-electron chi connectivity index (χ3n) is 8.10. The molecule has 1 fully saturated rings. The minimum Gasteiger partial charge on any atom is -0.488 e. The van der Waals surface area contributed by atoms with Gasteiger partial charge in [0.1, 0.15) is 12.4 Å². The Kier molecular flexibility index (Phi) is 6.30. The van der Waals surface area contributed by atoms with E-state index in [0.29, 0.717) is 25.8 Å². The van der Waals surface area contributed by atoms with E-state index in [4.69, 9.17) is 27.9 Å². The molecule has 3 aliphatic carbocycles. The first kappa shape index (κ1) is 25.5. The van der Waals surface area contributed by atoms with E-state index in [1.807, 2.05) is 42.5 Å². The van der Waals surface area contributed by atoms with Crippen LogP contribution in [0.15, 0.2) is 94.5 Å². The second-order valence-corrected chi connectivity index (χ2v) is 11.9. The number of halogens is 3. The van der Waals surface area contributed by atoms with Crippen LogP contribution in [0.3, 0.4) is 0 Å². The van der Waals surface area contributed by atoms with Gasteiger partial charge in [0, 0.05) is 27.4 Å². The number of hydrazone groups is 1. The zero-order chi connectivity index (χ0) is 27.5. The fourth-order valence-corrected chi connectivity index (χ4v) is 7.38. The van der Waals surface area contributed by atoms with Crippen LogP contribution >= 0.6 is 39.1 Å². The molecule has 0 spiro atoms. The number of carbonyl (C=O) groups excluding carboxylic acids is 2. The quantitative estimate of drug-likeness (QED) is 0.169. The van der Waals surface area contributed by atoms with Gasteiger partial charge in [-0.2, -0.15) is 10.1 Å². The summed E-state index contributed by atoms with van der Waals surface area (Å²) in [4.78, 5) is 27.4. The van der Waals surface area contributed by atoms with Crippen molar-refractivity contribution >= 4 is 57.2 Å². The van der Waals surface area contributed by atoms with Crippen LogP contribution < -0.4 is 4.74 Å². The van der Waals surface area contributed by atoms with E-state index in [-0.39, 0.29) is 30.3 Å². The van der Waals surface area contributed by atoms with Gasteiger partial charge in [0.2, 0.25) is 0 Å². The lowest BCUT2D eigenvalue weighted by atomic mass is 9.55. The molecule has 0 saturated carbocycles. The molecule has 5 nitrogen and oxygen atoms in total. The molecule has 0 N–H and O–H groups in total. The normalized spacial score (nSPS) is 22.4. The summed E-state index contributed by atoms with van der Waals surface area (Å²) < 4.78 is 6.64. The number of amides is 2.